The van der Waals surface area contributed by atoms with Crippen molar-refractivity contribution in [1.82, 2.24) is 0 Å². The number of hydrogen-bond donors (Lipinski definition) is 3. The van der Waals surface area contributed by atoms with Crippen LogP contribution in [0.25, 0.3) is 0 Å². The van der Waals surface area contributed by atoms with Crippen molar-refractivity contribution in [2.75, 3.05) is 0 Å². The molecule has 1 rings (SSSR count). The largest absolute Gasteiger partial charge is 1.00 e. The highest BCUT2D eigenvalue weighted by Crippen LogP contribution is 2.39. The lowest BCUT2D eigenvalue weighted by molar-refractivity contribution is 0.0995. The molecule has 0 aromatic heterocycles. The van der Waals surface area contributed by atoms with Gasteiger partial charge in [0.15, 0.2) is 0 Å². The fourth-order valence-electron chi connectivity index (χ4n) is 3.32. The van der Waals surface area contributed by atoms with E-state index in [1.165, 1.54) is 12.1 Å². The van der Waals surface area contributed by atoms with Crippen LogP contribution in [0.3, 0.4) is 0 Å². The van der Waals surface area contributed by atoms with Gasteiger partial charge in [0.05, 0.1) is 0 Å². The van der Waals surface area contributed by atoms with Gasteiger partial charge < -0.3 is 17.2 Å². The third-order valence-corrected chi connectivity index (χ3v) is 3.60. The van der Waals surface area contributed by atoms with Crippen LogP contribution < -0.4 is 17.2 Å². The molecule has 6 N–H and O–H groups in total. The van der Waals surface area contributed by atoms with Gasteiger partial charge in [0.1, 0.15) is 0 Å². The molecule has 0 spiro atoms. The molecule has 0 atom stereocenters. The number of hydrogen-bond acceptors (Lipinski definition) is 3. The quantitative estimate of drug-likeness (QED) is 0.764. The second kappa shape index (κ2) is 6.02. The van der Waals surface area contributed by atoms with Crippen LogP contribution >= 0.6 is 0 Å². The van der Waals surface area contributed by atoms with Crippen molar-refractivity contribution in [2.24, 2.45) is 22.6 Å². The average Bonchev–Trinajstić information content (AvgIpc) is 2.33. The molecular formula is C17H26N3O3+. The van der Waals surface area contributed by atoms with Gasteiger partial charge in [-0.05, 0) is 34.9 Å². The second-order valence-electron chi connectivity index (χ2n) is 7.66. The van der Waals surface area contributed by atoms with E-state index in [1.54, 1.807) is 0 Å². The summed E-state index contributed by atoms with van der Waals surface area (Å²) >= 11 is 0. The van der Waals surface area contributed by atoms with Crippen molar-refractivity contribution in [3.8, 4) is 0 Å². The van der Waals surface area contributed by atoms with Crippen LogP contribution in [0.15, 0.2) is 12.1 Å². The Morgan fingerprint density at radius 1 is 0.870 bits per heavy atom. The summed E-state index contributed by atoms with van der Waals surface area (Å²) in [6.45, 7) is 9.99. The molecule has 6 nitrogen and oxygen atoms in total. The van der Waals surface area contributed by atoms with E-state index in [0.717, 1.165) is 0 Å². The highest BCUT2D eigenvalue weighted by molar-refractivity contribution is 6.05. The van der Waals surface area contributed by atoms with Crippen LogP contribution in [0.5, 0.6) is 0 Å². The molecule has 6 heteroatoms. The number of nitrogens with two attached hydrogens (primary N) is 3. The van der Waals surface area contributed by atoms with Crippen molar-refractivity contribution in [2.45, 2.75) is 46.5 Å². The van der Waals surface area contributed by atoms with Gasteiger partial charge in [-0.3, -0.25) is 14.4 Å². The predicted molar refractivity (Wildman–Crippen MR) is 90.2 cm³/mol. The lowest BCUT2D eigenvalue weighted by Gasteiger charge is -2.35. The Kier molecular flexibility index (Phi) is 4.89. The normalized spacial score (nSPS) is 12.0. The third-order valence-electron chi connectivity index (χ3n) is 3.60. The molecule has 0 bridgehead atoms. The van der Waals surface area contributed by atoms with Crippen molar-refractivity contribution >= 4 is 17.7 Å². The Bertz CT molecular complexity index is 641. The molecule has 0 fully saturated rings. The first-order valence-electron chi connectivity index (χ1n) is 7.34. The number of rotatable bonds is 5. The number of benzene rings is 1. The molecule has 0 aliphatic carbocycles. The Hall–Kier alpha value is -2.37. The summed E-state index contributed by atoms with van der Waals surface area (Å²) in [6.07, 6.45) is 0.677. The van der Waals surface area contributed by atoms with E-state index in [9.17, 15) is 14.4 Å². The second-order valence-corrected chi connectivity index (χ2v) is 7.66. The molecule has 126 valence electrons. The topological polar surface area (TPSA) is 129 Å². The van der Waals surface area contributed by atoms with Gasteiger partial charge >= 0.3 is 1.43 Å². The molecule has 0 aliphatic rings. The van der Waals surface area contributed by atoms with E-state index in [1.807, 2.05) is 13.8 Å². The van der Waals surface area contributed by atoms with Crippen LogP contribution in [0.4, 0.5) is 0 Å². The van der Waals surface area contributed by atoms with Crippen LogP contribution in [-0.2, 0) is 5.41 Å². The average molecular weight is 320 g/mol. The van der Waals surface area contributed by atoms with Crippen LogP contribution in [0.2, 0.25) is 0 Å². The standard InChI is InChI=1S/C17H25N3O3/c1-16(2,3)8-17(4,5)12-10(14(19)22)6-9(13(18)21)7-11(12)15(20)23/h6-7H,8H2,1-5H3,(H2,18,21)(H2,19,22)(H2,20,23)/p+1. The number of carbonyl (C=O) groups excluding carboxylic acids is 3. The summed E-state index contributed by atoms with van der Waals surface area (Å²) in [5.41, 5.74) is 16.3. The molecule has 23 heavy (non-hydrogen) atoms. The zero-order valence-corrected chi connectivity index (χ0v) is 14.3. The first kappa shape index (κ1) is 18.7. The third kappa shape index (κ3) is 4.31. The Balaban J connectivity index is 0.00000529. The van der Waals surface area contributed by atoms with Gasteiger partial charge in [-0.2, -0.15) is 0 Å². The number of amides is 3. The van der Waals surface area contributed by atoms with Gasteiger partial charge in [0, 0.05) is 16.7 Å². The minimum atomic E-state index is -0.754. The molecule has 1 aromatic rings. The SMILES string of the molecule is CC(C)(C)CC(C)(C)c1c(C(N)=O)cc(C(N)=O)cc1C(N)=O.[H+]. The lowest BCUT2D eigenvalue weighted by atomic mass is 9.69. The zero-order chi connectivity index (χ0) is 18.2. The first-order chi connectivity index (χ1) is 10.3. The van der Waals surface area contributed by atoms with Gasteiger partial charge in [0.2, 0.25) is 17.7 Å². The summed E-state index contributed by atoms with van der Waals surface area (Å²) in [5, 5.41) is 0. The van der Waals surface area contributed by atoms with Crippen LogP contribution in [0, 0.1) is 5.41 Å². The molecule has 0 unspecified atom stereocenters. The maximum Gasteiger partial charge on any atom is 1.00 e. The molecule has 0 radical (unpaired) electrons. The van der Waals surface area contributed by atoms with Crippen LogP contribution in [0.1, 0.15) is 79.1 Å². The van der Waals surface area contributed by atoms with E-state index < -0.39 is 23.1 Å². The number of primary amides is 3. The summed E-state index contributed by atoms with van der Waals surface area (Å²) in [6, 6.07) is 2.66. The molecular weight excluding hydrogens is 294 g/mol. The van der Waals surface area contributed by atoms with Gasteiger partial charge in [-0.25, -0.2) is 0 Å². The van der Waals surface area contributed by atoms with Crippen molar-refractivity contribution in [3.63, 3.8) is 0 Å². The minimum absolute atomic E-state index is 0. The summed E-state index contributed by atoms with van der Waals surface area (Å²) in [5.74, 6) is -2.21. The lowest BCUT2D eigenvalue weighted by Crippen LogP contribution is -2.33. The summed E-state index contributed by atoms with van der Waals surface area (Å²) in [7, 11) is 0. The maximum atomic E-state index is 11.9. The fourth-order valence-corrected chi connectivity index (χ4v) is 3.32. The molecule has 3 amide bonds. The van der Waals surface area contributed by atoms with E-state index in [0.29, 0.717) is 12.0 Å². The van der Waals surface area contributed by atoms with E-state index in [-0.39, 0.29) is 23.5 Å². The highest BCUT2D eigenvalue weighted by Gasteiger charge is 2.34. The van der Waals surface area contributed by atoms with Crippen molar-refractivity contribution in [3.05, 3.63) is 34.4 Å². The summed E-state index contributed by atoms with van der Waals surface area (Å²) < 4.78 is 0. The van der Waals surface area contributed by atoms with Crippen molar-refractivity contribution < 1.29 is 15.8 Å². The van der Waals surface area contributed by atoms with Gasteiger partial charge in [-0.15, -0.1) is 0 Å². The molecule has 0 aliphatic heterocycles. The number of carbonyl (C=O) groups is 3. The van der Waals surface area contributed by atoms with Gasteiger partial charge in [-0.1, -0.05) is 34.6 Å². The molecule has 0 heterocycles. The Morgan fingerprint density at radius 2 is 1.26 bits per heavy atom. The zero-order valence-electron chi connectivity index (χ0n) is 15.3. The van der Waals surface area contributed by atoms with E-state index >= 15 is 0 Å². The Labute approximate surface area is 137 Å². The molecule has 0 saturated heterocycles. The van der Waals surface area contributed by atoms with E-state index in [2.05, 4.69) is 20.8 Å². The van der Waals surface area contributed by atoms with Crippen molar-refractivity contribution in [1.29, 1.82) is 0 Å². The monoisotopic (exact) mass is 320 g/mol. The molecule has 0 saturated carbocycles. The van der Waals surface area contributed by atoms with Crippen LogP contribution in [-0.4, -0.2) is 17.7 Å². The fraction of sp³-hybridized carbons (Fsp3) is 0.471. The maximum absolute atomic E-state index is 11.9. The Morgan fingerprint density at radius 3 is 1.52 bits per heavy atom. The van der Waals surface area contributed by atoms with Gasteiger partial charge in [0.25, 0.3) is 0 Å². The first-order valence-corrected chi connectivity index (χ1v) is 7.34. The smallest absolute Gasteiger partial charge is 0.366 e. The minimum Gasteiger partial charge on any atom is -0.366 e. The van der Waals surface area contributed by atoms with E-state index in [4.69, 9.17) is 17.2 Å². The molecule has 1 aromatic carbocycles. The predicted octanol–water partition coefficient (Wildman–Crippen LogP) is 1.81. The summed E-state index contributed by atoms with van der Waals surface area (Å²) in [4.78, 5) is 35.3. The highest BCUT2D eigenvalue weighted by atomic mass is 16.2.